The van der Waals surface area contributed by atoms with Gasteiger partial charge in [0.2, 0.25) is 5.91 Å². The fourth-order valence-corrected chi connectivity index (χ4v) is 3.02. The van der Waals surface area contributed by atoms with Crippen LogP contribution < -0.4 is 0 Å². The predicted molar refractivity (Wildman–Crippen MR) is 85.2 cm³/mol. The average molecular weight is 375 g/mol. The van der Waals surface area contributed by atoms with Crippen LogP contribution in [-0.4, -0.2) is 49.9 Å². The van der Waals surface area contributed by atoms with Crippen LogP contribution >= 0.6 is 0 Å². The fourth-order valence-electron chi connectivity index (χ4n) is 2.63. The zero-order valence-corrected chi connectivity index (χ0v) is 14.5. The van der Waals surface area contributed by atoms with E-state index in [9.17, 15) is 26.8 Å². The Hall–Kier alpha value is -2.03. The highest BCUT2D eigenvalue weighted by molar-refractivity contribution is 7.90. The molecule has 1 aliphatic rings. The minimum atomic E-state index is -3.24. The Balaban J connectivity index is 1.97. The number of carbonyl (C=O) groups is 2. The summed E-state index contributed by atoms with van der Waals surface area (Å²) in [7, 11) is -3.24. The first-order chi connectivity index (χ1) is 11.7. The van der Waals surface area contributed by atoms with Crippen LogP contribution in [0.4, 0.5) is 8.78 Å². The van der Waals surface area contributed by atoms with Crippen LogP contribution in [0.15, 0.2) is 18.2 Å². The first-order valence-electron chi connectivity index (χ1n) is 7.73. The van der Waals surface area contributed by atoms with E-state index < -0.39 is 33.5 Å². The lowest BCUT2D eigenvalue weighted by Gasteiger charge is -2.24. The summed E-state index contributed by atoms with van der Waals surface area (Å²) in [5.41, 5.74) is 0.0330. The Morgan fingerprint density at radius 1 is 1.36 bits per heavy atom. The van der Waals surface area contributed by atoms with E-state index in [0.29, 0.717) is 6.42 Å². The van der Waals surface area contributed by atoms with E-state index in [1.54, 1.807) is 0 Å². The summed E-state index contributed by atoms with van der Waals surface area (Å²) in [6.07, 6.45) is 1.52. The van der Waals surface area contributed by atoms with Gasteiger partial charge < -0.3 is 9.64 Å². The van der Waals surface area contributed by atoms with Gasteiger partial charge in [-0.3, -0.25) is 9.59 Å². The molecular weight excluding hydrogens is 356 g/mol. The van der Waals surface area contributed by atoms with Gasteiger partial charge in [0.15, 0.2) is 21.5 Å². The molecule has 1 saturated heterocycles. The number of halogens is 2. The number of ether oxygens (including phenoxy) is 1. The topological polar surface area (TPSA) is 80.8 Å². The Bertz CT molecular complexity index is 766. The van der Waals surface area contributed by atoms with E-state index in [1.165, 1.54) is 17.0 Å². The first kappa shape index (κ1) is 19.3. The molecule has 1 fully saturated rings. The van der Waals surface area contributed by atoms with Crippen molar-refractivity contribution in [2.24, 2.45) is 0 Å². The smallest absolute Gasteiger partial charge is 0.307 e. The minimum absolute atomic E-state index is 0.0330. The van der Waals surface area contributed by atoms with Crippen molar-refractivity contribution in [2.75, 3.05) is 18.6 Å². The Kier molecular flexibility index (Phi) is 6.10. The maximum atomic E-state index is 13.8. The predicted octanol–water partition coefficient (Wildman–Crippen LogP) is 1.43. The molecule has 25 heavy (non-hydrogen) atoms. The van der Waals surface area contributed by atoms with Crippen molar-refractivity contribution in [3.63, 3.8) is 0 Å². The molecule has 9 heteroatoms. The molecule has 0 aliphatic carbocycles. The highest BCUT2D eigenvalue weighted by Crippen LogP contribution is 2.25. The number of sulfone groups is 1. The van der Waals surface area contributed by atoms with Crippen LogP contribution in [0.1, 0.15) is 24.8 Å². The van der Waals surface area contributed by atoms with E-state index in [-0.39, 0.29) is 43.2 Å². The number of likely N-dealkylation sites (tertiary alicyclic amines) is 1. The SMILES string of the molecule is CS(=O)(=O)CCOC(=O)CC1CCC(=O)N1Cc1cccc(F)c1F. The van der Waals surface area contributed by atoms with Crippen molar-refractivity contribution < 1.29 is 31.5 Å². The lowest BCUT2D eigenvalue weighted by molar-refractivity contribution is -0.144. The number of hydrogen-bond acceptors (Lipinski definition) is 5. The second-order valence-electron chi connectivity index (χ2n) is 5.98. The number of esters is 1. The van der Waals surface area contributed by atoms with Crippen LogP contribution in [0.25, 0.3) is 0 Å². The van der Waals surface area contributed by atoms with Gasteiger partial charge in [0.25, 0.3) is 0 Å². The molecule has 0 N–H and O–H groups in total. The van der Waals surface area contributed by atoms with E-state index >= 15 is 0 Å². The van der Waals surface area contributed by atoms with Crippen molar-refractivity contribution in [1.29, 1.82) is 0 Å². The Morgan fingerprint density at radius 2 is 2.08 bits per heavy atom. The van der Waals surface area contributed by atoms with E-state index in [1.807, 2.05) is 0 Å². The molecule has 1 atom stereocenters. The van der Waals surface area contributed by atoms with Gasteiger partial charge >= 0.3 is 5.97 Å². The number of carbonyl (C=O) groups excluding carboxylic acids is 2. The van der Waals surface area contributed by atoms with Crippen LogP contribution in [0, 0.1) is 11.6 Å². The second kappa shape index (κ2) is 7.90. The number of hydrogen-bond donors (Lipinski definition) is 0. The molecule has 1 heterocycles. The Labute approximate surface area is 144 Å². The van der Waals surface area contributed by atoms with Crippen LogP contribution in [-0.2, 0) is 30.7 Å². The molecule has 6 nitrogen and oxygen atoms in total. The molecule has 0 aromatic heterocycles. The fraction of sp³-hybridized carbons (Fsp3) is 0.500. The van der Waals surface area contributed by atoms with E-state index in [0.717, 1.165) is 12.3 Å². The van der Waals surface area contributed by atoms with Crippen molar-refractivity contribution in [3.8, 4) is 0 Å². The number of benzene rings is 1. The van der Waals surface area contributed by atoms with Crippen molar-refractivity contribution in [3.05, 3.63) is 35.4 Å². The van der Waals surface area contributed by atoms with E-state index in [4.69, 9.17) is 4.74 Å². The molecule has 138 valence electrons. The monoisotopic (exact) mass is 375 g/mol. The number of nitrogens with zero attached hydrogens (tertiary/aromatic N) is 1. The highest BCUT2D eigenvalue weighted by atomic mass is 32.2. The van der Waals surface area contributed by atoms with Gasteiger partial charge in [-0.25, -0.2) is 17.2 Å². The van der Waals surface area contributed by atoms with Crippen LogP contribution in [0.5, 0.6) is 0 Å². The van der Waals surface area contributed by atoms with Gasteiger partial charge in [-0.1, -0.05) is 12.1 Å². The van der Waals surface area contributed by atoms with Crippen molar-refractivity contribution in [2.45, 2.75) is 31.8 Å². The molecule has 0 radical (unpaired) electrons. The molecule has 1 aromatic carbocycles. The summed E-state index contributed by atoms with van der Waals surface area (Å²) in [4.78, 5) is 25.1. The number of rotatable bonds is 7. The molecular formula is C16H19F2NO5S. The summed E-state index contributed by atoms with van der Waals surface area (Å²) < 4.78 is 54.0. The van der Waals surface area contributed by atoms with Gasteiger partial charge in [0, 0.05) is 30.8 Å². The molecule has 1 aliphatic heterocycles. The normalized spacial score (nSPS) is 17.8. The maximum Gasteiger partial charge on any atom is 0.307 e. The van der Waals surface area contributed by atoms with Crippen LogP contribution in [0.2, 0.25) is 0 Å². The molecule has 0 saturated carbocycles. The Morgan fingerprint density at radius 3 is 2.76 bits per heavy atom. The molecule has 1 unspecified atom stereocenters. The summed E-state index contributed by atoms with van der Waals surface area (Å²) >= 11 is 0. The van der Waals surface area contributed by atoms with Gasteiger partial charge in [-0.2, -0.15) is 0 Å². The maximum absolute atomic E-state index is 13.8. The van der Waals surface area contributed by atoms with Gasteiger partial charge in [0.05, 0.1) is 12.2 Å². The van der Waals surface area contributed by atoms with E-state index in [2.05, 4.69) is 0 Å². The second-order valence-corrected chi connectivity index (χ2v) is 8.24. The third-order valence-electron chi connectivity index (χ3n) is 3.94. The first-order valence-corrected chi connectivity index (χ1v) is 9.79. The third-order valence-corrected chi connectivity index (χ3v) is 4.85. The molecule has 2 rings (SSSR count). The van der Waals surface area contributed by atoms with Crippen LogP contribution in [0.3, 0.4) is 0 Å². The summed E-state index contributed by atoms with van der Waals surface area (Å²) in [5, 5.41) is 0. The minimum Gasteiger partial charge on any atom is -0.465 e. The summed E-state index contributed by atoms with van der Waals surface area (Å²) in [6.45, 7) is -0.388. The summed E-state index contributed by atoms with van der Waals surface area (Å²) in [5.74, 6) is -3.18. The zero-order valence-electron chi connectivity index (χ0n) is 13.7. The molecule has 1 amide bonds. The molecule has 1 aromatic rings. The lowest BCUT2D eigenvalue weighted by Crippen LogP contribution is -2.35. The lowest BCUT2D eigenvalue weighted by atomic mass is 10.1. The van der Waals surface area contributed by atoms with Crippen molar-refractivity contribution in [1.82, 2.24) is 4.90 Å². The van der Waals surface area contributed by atoms with Crippen molar-refractivity contribution >= 4 is 21.7 Å². The average Bonchev–Trinajstić information content (AvgIpc) is 2.83. The van der Waals surface area contributed by atoms with Gasteiger partial charge in [-0.05, 0) is 12.5 Å². The molecule has 0 bridgehead atoms. The largest absolute Gasteiger partial charge is 0.465 e. The molecule has 0 spiro atoms. The standard InChI is InChI=1S/C16H19F2NO5S/c1-25(22,23)8-7-24-15(21)9-12-5-6-14(20)19(12)10-11-3-2-4-13(17)16(11)18/h2-4,12H,5-10H2,1H3. The third kappa shape index (κ3) is 5.48. The number of amides is 1. The van der Waals surface area contributed by atoms with Gasteiger partial charge in [0.1, 0.15) is 6.61 Å². The zero-order chi connectivity index (χ0) is 18.6. The van der Waals surface area contributed by atoms with Gasteiger partial charge in [-0.15, -0.1) is 0 Å². The highest BCUT2D eigenvalue weighted by Gasteiger charge is 2.33. The quantitative estimate of drug-likeness (QED) is 0.674. The summed E-state index contributed by atoms with van der Waals surface area (Å²) in [6, 6.07) is 3.23.